The first-order valence-corrected chi connectivity index (χ1v) is 7.77. The fourth-order valence-corrected chi connectivity index (χ4v) is 3.08. The zero-order valence-corrected chi connectivity index (χ0v) is 12.8. The van der Waals surface area contributed by atoms with Crippen LogP contribution >= 0.6 is 11.8 Å². The molecule has 1 aliphatic heterocycles. The number of nitrogens with zero attached hydrogens (tertiary/aromatic N) is 2. The van der Waals surface area contributed by atoms with E-state index in [1.54, 1.807) is 18.4 Å². The summed E-state index contributed by atoms with van der Waals surface area (Å²) in [7, 11) is 0. The molecule has 0 bridgehead atoms. The number of amidine groups is 1. The third kappa shape index (κ3) is 3.46. The lowest BCUT2D eigenvalue weighted by molar-refractivity contribution is -0.118. The average Bonchev–Trinajstić information content (AvgIpc) is 3.12. The van der Waals surface area contributed by atoms with Crippen LogP contribution in [0.15, 0.2) is 57.3 Å². The minimum absolute atomic E-state index is 0.0276. The molecule has 2 heterocycles. The van der Waals surface area contributed by atoms with Crippen LogP contribution in [0.25, 0.3) is 0 Å². The van der Waals surface area contributed by atoms with Crippen LogP contribution in [-0.2, 0) is 11.2 Å². The monoisotopic (exact) mass is 313 g/mol. The normalized spacial score (nSPS) is 20.0. The number of rotatable bonds is 4. The first-order valence-electron chi connectivity index (χ1n) is 6.89. The lowest BCUT2D eigenvalue weighted by Crippen LogP contribution is -2.26. The summed E-state index contributed by atoms with van der Waals surface area (Å²) in [4.78, 5) is 12.0. The highest BCUT2D eigenvalue weighted by atomic mass is 32.2. The average molecular weight is 313 g/mol. The Bertz CT molecular complexity index is 723. The molecule has 112 valence electrons. The number of thioether (sulfide) groups is 1. The van der Waals surface area contributed by atoms with Gasteiger partial charge in [0.05, 0.1) is 17.7 Å². The van der Waals surface area contributed by atoms with Gasteiger partial charge < -0.3 is 9.73 Å². The maximum atomic E-state index is 12.0. The molecule has 1 aromatic carbocycles. The maximum Gasteiger partial charge on any atom is 0.239 e. The summed E-state index contributed by atoms with van der Waals surface area (Å²) in [5.41, 5.74) is 2.37. The molecule has 2 aromatic rings. The van der Waals surface area contributed by atoms with E-state index in [0.717, 1.165) is 0 Å². The van der Waals surface area contributed by atoms with Gasteiger partial charge in [-0.25, -0.2) is 0 Å². The first-order chi connectivity index (χ1) is 10.7. The number of nitrogens with one attached hydrogen (secondary N) is 1. The smallest absolute Gasteiger partial charge is 0.239 e. The van der Waals surface area contributed by atoms with Crippen molar-refractivity contribution in [1.82, 2.24) is 5.32 Å². The first kappa shape index (κ1) is 14.6. The molecule has 0 radical (unpaired) electrons. The summed E-state index contributed by atoms with van der Waals surface area (Å²) in [5, 5.41) is 11.0. The second-order valence-electron chi connectivity index (χ2n) is 4.89. The third-order valence-corrected chi connectivity index (χ3v) is 4.39. The van der Waals surface area contributed by atoms with Crippen LogP contribution in [0.5, 0.6) is 0 Å². The molecule has 1 amide bonds. The molecule has 0 spiro atoms. The van der Waals surface area contributed by atoms with Gasteiger partial charge in [-0.15, -0.1) is 5.10 Å². The van der Waals surface area contributed by atoms with Gasteiger partial charge in [-0.1, -0.05) is 36.0 Å². The molecular weight excluding hydrogens is 298 g/mol. The molecule has 6 heteroatoms. The molecule has 0 aliphatic carbocycles. The Morgan fingerprint density at radius 1 is 1.32 bits per heavy atom. The number of amides is 1. The van der Waals surface area contributed by atoms with E-state index in [-0.39, 0.29) is 11.2 Å². The van der Waals surface area contributed by atoms with Crippen molar-refractivity contribution in [3.63, 3.8) is 0 Å². The summed E-state index contributed by atoms with van der Waals surface area (Å²) in [5.74, 6) is 0.593. The van der Waals surface area contributed by atoms with Crippen LogP contribution in [0.2, 0.25) is 0 Å². The predicted molar refractivity (Wildman–Crippen MR) is 88.1 cm³/mol. The van der Waals surface area contributed by atoms with Crippen LogP contribution in [0.4, 0.5) is 0 Å². The fourth-order valence-electron chi connectivity index (χ4n) is 2.13. The van der Waals surface area contributed by atoms with E-state index in [1.807, 2.05) is 18.2 Å². The van der Waals surface area contributed by atoms with E-state index in [4.69, 9.17) is 4.42 Å². The summed E-state index contributed by atoms with van der Waals surface area (Å²) in [6.45, 7) is 2.05. The van der Waals surface area contributed by atoms with Gasteiger partial charge in [-0.05, 0) is 36.6 Å². The molecule has 1 saturated heterocycles. The lowest BCUT2D eigenvalue weighted by atomic mass is 10.0. The third-order valence-electron chi connectivity index (χ3n) is 3.32. The molecule has 1 aromatic heterocycles. The number of carbonyl (C=O) groups excluding carboxylic acids is 1. The number of hydrogen-bond acceptors (Lipinski definition) is 5. The van der Waals surface area contributed by atoms with Crippen LogP contribution in [0.1, 0.15) is 16.9 Å². The van der Waals surface area contributed by atoms with Gasteiger partial charge >= 0.3 is 0 Å². The van der Waals surface area contributed by atoms with Gasteiger partial charge in [0.1, 0.15) is 5.76 Å². The van der Waals surface area contributed by atoms with Crippen molar-refractivity contribution < 1.29 is 9.21 Å². The number of carbonyl (C=O) groups is 1. The van der Waals surface area contributed by atoms with Gasteiger partial charge in [0.15, 0.2) is 5.17 Å². The summed E-state index contributed by atoms with van der Waals surface area (Å²) in [6.07, 6.45) is 3.76. The van der Waals surface area contributed by atoms with Gasteiger partial charge in [0.25, 0.3) is 0 Å². The number of aryl methyl sites for hydroxylation is 1. The van der Waals surface area contributed by atoms with Crippen molar-refractivity contribution in [1.29, 1.82) is 0 Å². The largest absolute Gasteiger partial charge is 0.463 e. The predicted octanol–water partition coefficient (Wildman–Crippen LogP) is 2.75. The van der Waals surface area contributed by atoms with Crippen molar-refractivity contribution >= 4 is 29.1 Å². The fraction of sp³-hybridized carbons (Fsp3) is 0.188. The SMILES string of the molecule is Cc1ccccc1C[C@@H]1S/C(=N/N=C\c2ccco2)NC1=O. The van der Waals surface area contributed by atoms with Gasteiger partial charge in [0.2, 0.25) is 5.91 Å². The molecule has 1 N–H and O–H groups in total. The number of benzene rings is 1. The Labute approximate surface area is 132 Å². The molecule has 5 nitrogen and oxygen atoms in total. The minimum atomic E-state index is -0.168. The Hall–Kier alpha value is -2.34. The van der Waals surface area contributed by atoms with E-state index in [2.05, 4.69) is 28.5 Å². The molecule has 1 fully saturated rings. The Morgan fingerprint density at radius 3 is 2.95 bits per heavy atom. The Kier molecular flexibility index (Phi) is 4.39. The van der Waals surface area contributed by atoms with Crippen molar-refractivity contribution in [3.05, 3.63) is 59.5 Å². The van der Waals surface area contributed by atoms with Gasteiger partial charge in [0, 0.05) is 0 Å². The van der Waals surface area contributed by atoms with Crippen molar-refractivity contribution in [2.45, 2.75) is 18.6 Å². The van der Waals surface area contributed by atoms with Crippen LogP contribution in [0, 0.1) is 6.92 Å². The van der Waals surface area contributed by atoms with E-state index >= 15 is 0 Å². The zero-order valence-electron chi connectivity index (χ0n) is 12.0. The molecular formula is C16H15N3O2S. The maximum absolute atomic E-state index is 12.0. The number of furan rings is 1. The summed E-state index contributed by atoms with van der Waals surface area (Å²) >= 11 is 1.40. The van der Waals surface area contributed by atoms with E-state index in [0.29, 0.717) is 17.3 Å². The standard InChI is InChI=1S/C16H15N3O2S/c1-11-5-2-3-6-12(11)9-14-15(20)18-16(22-14)19-17-10-13-7-4-8-21-13/h2-8,10,14H,9H2,1H3,(H,18,19,20)/b17-10-/t14-/m0/s1. The van der Waals surface area contributed by atoms with Crippen molar-refractivity contribution in [2.75, 3.05) is 0 Å². The molecule has 1 aliphatic rings. The Morgan fingerprint density at radius 2 is 2.18 bits per heavy atom. The molecule has 3 rings (SSSR count). The molecule has 22 heavy (non-hydrogen) atoms. The quantitative estimate of drug-likeness (QED) is 0.697. The second kappa shape index (κ2) is 6.62. The van der Waals surface area contributed by atoms with E-state index in [1.165, 1.54) is 29.1 Å². The van der Waals surface area contributed by atoms with Crippen LogP contribution in [-0.4, -0.2) is 22.5 Å². The summed E-state index contributed by atoms with van der Waals surface area (Å²) in [6, 6.07) is 11.6. The minimum Gasteiger partial charge on any atom is -0.463 e. The van der Waals surface area contributed by atoms with Gasteiger partial charge in [-0.2, -0.15) is 5.10 Å². The van der Waals surface area contributed by atoms with Crippen LogP contribution < -0.4 is 5.32 Å². The lowest BCUT2D eigenvalue weighted by Gasteiger charge is -2.07. The van der Waals surface area contributed by atoms with E-state index < -0.39 is 0 Å². The highest BCUT2D eigenvalue weighted by molar-refractivity contribution is 8.15. The van der Waals surface area contributed by atoms with Crippen molar-refractivity contribution in [3.8, 4) is 0 Å². The highest BCUT2D eigenvalue weighted by Crippen LogP contribution is 2.24. The van der Waals surface area contributed by atoms with E-state index in [9.17, 15) is 4.79 Å². The zero-order chi connectivity index (χ0) is 15.4. The topological polar surface area (TPSA) is 67.0 Å². The van der Waals surface area contributed by atoms with Crippen molar-refractivity contribution in [2.24, 2.45) is 10.2 Å². The molecule has 1 atom stereocenters. The molecule has 0 unspecified atom stereocenters. The Balaban J connectivity index is 1.64. The highest BCUT2D eigenvalue weighted by Gasteiger charge is 2.30. The second-order valence-corrected chi connectivity index (χ2v) is 6.08. The molecule has 0 saturated carbocycles. The summed E-state index contributed by atoms with van der Waals surface area (Å²) < 4.78 is 5.12. The number of hydrogen-bond donors (Lipinski definition) is 1. The van der Waals surface area contributed by atoms with Crippen LogP contribution in [0.3, 0.4) is 0 Å². The van der Waals surface area contributed by atoms with Gasteiger partial charge in [-0.3, -0.25) is 4.79 Å².